The van der Waals surface area contributed by atoms with Gasteiger partial charge in [0.1, 0.15) is 0 Å². The number of fused-ring (bicyclic) bond motifs is 1. The summed E-state index contributed by atoms with van der Waals surface area (Å²) in [4.78, 5) is 25.6. The summed E-state index contributed by atoms with van der Waals surface area (Å²) in [5.41, 5.74) is 0.779. The molecular weight excluding hydrogens is 312 g/mol. The largest absolute Gasteiger partial charge is 0.493 e. The number of carbonyl (C=O) groups excluding carboxylic acids is 1. The molecule has 0 aliphatic carbocycles. The second kappa shape index (κ2) is 6.96. The van der Waals surface area contributed by atoms with Crippen molar-refractivity contribution in [3.63, 3.8) is 0 Å². The van der Waals surface area contributed by atoms with E-state index in [1.165, 1.54) is 32.6 Å². The number of nitrogens with zero attached hydrogens (tertiary/aromatic N) is 1. The van der Waals surface area contributed by atoms with Crippen molar-refractivity contribution in [2.75, 3.05) is 25.7 Å². The number of hydrogen-bond donors (Lipinski definition) is 2. The molecule has 0 radical (unpaired) electrons. The summed E-state index contributed by atoms with van der Waals surface area (Å²) >= 11 is 0. The Labute approximate surface area is 139 Å². The lowest BCUT2D eigenvalue weighted by Gasteiger charge is -2.34. The normalized spacial score (nSPS) is 17.9. The molecule has 1 aromatic rings. The van der Waals surface area contributed by atoms with E-state index in [9.17, 15) is 14.7 Å². The zero-order valence-corrected chi connectivity index (χ0v) is 13.6. The van der Waals surface area contributed by atoms with Crippen molar-refractivity contribution in [1.29, 1.82) is 0 Å². The van der Waals surface area contributed by atoms with E-state index in [-0.39, 0.29) is 23.6 Å². The fourth-order valence-electron chi connectivity index (χ4n) is 2.62. The first-order valence-electron chi connectivity index (χ1n) is 7.16. The summed E-state index contributed by atoms with van der Waals surface area (Å²) < 4.78 is 10.4. The minimum atomic E-state index is -1.17. The van der Waals surface area contributed by atoms with Gasteiger partial charge in [0, 0.05) is 17.8 Å². The van der Waals surface area contributed by atoms with Crippen molar-refractivity contribution in [2.24, 2.45) is 0 Å². The zero-order chi connectivity index (χ0) is 17.9. The second-order valence-electron chi connectivity index (χ2n) is 5.07. The van der Waals surface area contributed by atoms with Crippen LogP contribution in [0.3, 0.4) is 0 Å². The molecule has 1 aromatic carbocycles. The molecule has 1 aliphatic heterocycles. The van der Waals surface area contributed by atoms with Crippen LogP contribution in [0, 0.1) is 12.3 Å². The van der Waals surface area contributed by atoms with Gasteiger partial charge in [-0.2, -0.15) is 0 Å². The number of Topliss-reactive ketones (excluding diaryl/α,β-unsaturated/α-hetero) is 1. The van der Waals surface area contributed by atoms with Gasteiger partial charge in [0.2, 0.25) is 0 Å². The molecule has 2 N–H and O–H groups in total. The van der Waals surface area contributed by atoms with Crippen LogP contribution in [0.15, 0.2) is 23.9 Å². The van der Waals surface area contributed by atoms with Gasteiger partial charge in [-0.3, -0.25) is 9.69 Å². The number of benzene rings is 1. The molecule has 126 valence electrons. The van der Waals surface area contributed by atoms with Crippen molar-refractivity contribution in [3.8, 4) is 23.8 Å². The summed E-state index contributed by atoms with van der Waals surface area (Å²) in [5, 5.41) is 12.4. The van der Waals surface area contributed by atoms with Crippen LogP contribution >= 0.6 is 0 Å². The average Bonchev–Trinajstić information content (AvgIpc) is 2.56. The third kappa shape index (κ3) is 2.86. The van der Waals surface area contributed by atoms with E-state index in [0.717, 1.165) is 4.90 Å². The lowest BCUT2D eigenvalue weighted by atomic mass is 9.90. The molecule has 0 spiro atoms. The van der Waals surface area contributed by atoms with Gasteiger partial charge >= 0.3 is 6.09 Å². The third-order valence-electron chi connectivity index (χ3n) is 3.77. The lowest BCUT2D eigenvalue weighted by Crippen LogP contribution is -2.45. The minimum Gasteiger partial charge on any atom is -0.493 e. The molecule has 1 aliphatic rings. The van der Waals surface area contributed by atoms with Crippen LogP contribution < -0.4 is 19.7 Å². The van der Waals surface area contributed by atoms with Gasteiger partial charge in [-0.1, -0.05) is 5.92 Å². The number of amides is 1. The monoisotopic (exact) mass is 330 g/mol. The smallest absolute Gasteiger partial charge is 0.412 e. The van der Waals surface area contributed by atoms with Crippen molar-refractivity contribution >= 4 is 17.6 Å². The predicted molar refractivity (Wildman–Crippen MR) is 88.8 cm³/mol. The van der Waals surface area contributed by atoms with Gasteiger partial charge in [0.05, 0.1) is 38.1 Å². The maximum atomic E-state index is 12.8. The molecule has 0 bridgehead atoms. The highest BCUT2D eigenvalue weighted by molar-refractivity contribution is 6.18. The summed E-state index contributed by atoms with van der Waals surface area (Å²) in [5.74, 6) is 2.79. The third-order valence-corrected chi connectivity index (χ3v) is 3.77. The SMILES string of the molecule is C#CCNC=C1C(=O)c2cc(OC)c(OC)cc2N(C(=O)O)C1C. The van der Waals surface area contributed by atoms with Crippen LogP contribution in [0.4, 0.5) is 10.5 Å². The highest BCUT2D eigenvalue weighted by atomic mass is 16.5. The second-order valence-corrected chi connectivity index (χ2v) is 5.07. The van der Waals surface area contributed by atoms with Gasteiger partial charge in [-0.05, 0) is 13.0 Å². The fraction of sp³-hybridized carbons (Fsp3) is 0.294. The number of ether oxygens (including phenoxy) is 2. The van der Waals surface area contributed by atoms with E-state index >= 15 is 0 Å². The number of methoxy groups -OCH3 is 2. The van der Waals surface area contributed by atoms with Crippen LogP contribution in [0.5, 0.6) is 11.5 Å². The Kier molecular flexibility index (Phi) is 4.99. The molecule has 2 rings (SSSR count). The number of anilines is 1. The molecule has 7 heteroatoms. The van der Waals surface area contributed by atoms with E-state index in [4.69, 9.17) is 15.9 Å². The summed E-state index contributed by atoms with van der Waals surface area (Å²) in [7, 11) is 2.89. The van der Waals surface area contributed by atoms with E-state index in [1.807, 2.05) is 0 Å². The Bertz CT molecular complexity index is 748. The van der Waals surface area contributed by atoms with Gasteiger partial charge in [0.25, 0.3) is 0 Å². The molecule has 1 amide bonds. The Morgan fingerprint density at radius 2 is 2.04 bits per heavy atom. The van der Waals surface area contributed by atoms with Gasteiger partial charge < -0.3 is 19.9 Å². The maximum absolute atomic E-state index is 12.8. The van der Waals surface area contributed by atoms with Gasteiger partial charge in [-0.25, -0.2) is 4.79 Å². The number of terminal acetylenes is 1. The highest BCUT2D eigenvalue weighted by Gasteiger charge is 2.37. The van der Waals surface area contributed by atoms with Gasteiger partial charge in [0.15, 0.2) is 17.3 Å². The van der Waals surface area contributed by atoms with Crippen molar-refractivity contribution in [1.82, 2.24) is 5.32 Å². The molecule has 24 heavy (non-hydrogen) atoms. The number of carboxylic acid groups (broad SMARTS) is 1. The van der Waals surface area contributed by atoms with Crippen LogP contribution in [0.2, 0.25) is 0 Å². The molecule has 0 saturated carbocycles. The van der Waals surface area contributed by atoms with Crippen molar-refractivity contribution in [2.45, 2.75) is 13.0 Å². The van der Waals surface area contributed by atoms with E-state index in [1.54, 1.807) is 6.92 Å². The summed E-state index contributed by atoms with van der Waals surface area (Å²) in [6.45, 7) is 1.87. The number of rotatable bonds is 4. The van der Waals surface area contributed by atoms with Crippen LogP contribution in [0.25, 0.3) is 0 Å². The molecule has 7 nitrogen and oxygen atoms in total. The Morgan fingerprint density at radius 3 is 2.58 bits per heavy atom. The Morgan fingerprint density at radius 1 is 1.42 bits per heavy atom. The Balaban J connectivity index is 2.64. The van der Waals surface area contributed by atoms with Crippen LogP contribution in [0.1, 0.15) is 17.3 Å². The molecule has 1 unspecified atom stereocenters. The average molecular weight is 330 g/mol. The first-order chi connectivity index (χ1) is 11.5. The topological polar surface area (TPSA) is 88.1 Å². The quantitative estimate of drug-likeness (QED) is 0.498. The van der Waals surface area contributed by atoms with E-state index < -0.39 is 12.1 Å². The molecular formula is C17H18N2O5. The number of nitrogens with one attached hydrogen (secondary N) is 1. The first kappa shape index (κ1) is 17.2. The molecule has 1 heterocycles. The summed E-state index contributed by atoms with van der Waals surface area (Å²) in [6, 6.07) is 2.29. The first-order valence-corrected chi connectivity index (χ1v) is 7.16. The lowest BCUT2D eigenvalue weighted by molar-refractivity contribution is 0.102. The molecule has 0 aromatic heterocycles. The van der Waals surface area contributed by atoms with Crippen LogP contribution in [-0.4, -0.2) is 43.8 Å². The van der Waals surface area contributed by atoms with Crippen molar-refractivity contribution < 1.29 is 24.2 Å². The highest BCUT2D eigenvalue weighted by Crippen LogP contribution is 2.40. The minimum absolute atomic E-state index is 0.224. The molecule has 0 fully saturated rings. The maximum Gasteiger partial charge on any atom is 0.412 e. The van der Waals surface area contributed by atoms with Crippen LogP contribution in [-0.2, 0) is 0 Å². The van der Waals surface area contributed by atoms with Gasteiger partial charge in [-0.15, -0.1) is 6.42 Å². The van der Waals surface area contributed by atoms with E-state index in [0.29, 0.717) is 17.1 Å². The number of carbonyl (C=O) groups is 2. The standard InChI is InChI=1S/C17H18N2O5/c1-5-6-18-9-12-10(2)19(17(21)22)13-8-15(24-4)14(23-3)7-11(13)16(12)20/h1,7-10,18H,6H2,2-4H3,(H,21,22). The predicted octanol–water partition coefficient (Wildman–Crippen LogP) is 1.88. The van der Waals surface area contributed by atoms with E-state index in [2.05, 4.69) is 11.2 Å². The molecule has 1 atom stereocenters. The summed E-state index contributed by atoms with van der Waals surface area (Å²) in [6.07, 6.45) is 5.46. The fourth-order valence-corrected chi connectivity index (χ4v) is 2.62. The van der Waals surface area contributed by atoms with Crippen molar-refractivity contribution in [3.05, 3.63) is 29.5 Å². The zero-order valence-electron chi connectivity index (χ0n) is 13.6. The Hall–Kier alpha value is -3.14. The molecule has 0 saturated heterocycles. The number of hydrogen-bond acceptors (Lipinski definition) is 5. The number of ketones is 1.